The molecule has 0 saturated heterocycles. The van der Waals surface area contributed by atoms with E-state index in [1.54, 1.807) is 7.05 Å². The molecule has 1 unspecified atom stereocenters. The summed E-state index contributed by atoms with van der Waals surface area (Å²) in [5.74, 6) is 0. The minimum absolute atomic E-state index is 0.0612. The topological polar surface area (TPSA) is 72.9 Å². The SMILES string of the molecule is CCCCC/C=C\C/C=C\CCCCCCCCC(CCCCCCCC/C=C/C/C=C\CCCCC)OC(=O)N(C)CCCOS(C)(=O)=O. The Morgan fingerprint density at radius 3 is 1.34 bits per heavy atom. The maximum absolute atomic E-state index is 12.8. The second kappa shape index (κ2) is 36.9. The van der Waals surface area contributed by atoms with Crippen molar-refractivity contribution in [2.24, 2.45) is 0 Å². The first kappa shape index (κ1) is 48.1. The molecule has 0 aliphatic carbocycles. The third-order valence-electron chi connectivity index (χ3n) is 8.97. The standard InChI is InChI=1S/C43H79NO5S/c1-5-7-9-11-13-15-17-19-21-23-25-27-29-31-33-35-38-42(49-43(45)44(3)40-37-41-48-50(4,46)47)39-36-34-32-30-28-26-24-22-20-18-16-14-12-10-8-6-2/h13-16,19-22,42H,5-12,17-18,23-41H2,1-4H3/b15-13-,16-14-,21-19-,22-20+. The molecule has 50 heavy (non-hydrogen) atoms. The average Bonchev–Trinajstić information content (AvgIpc) is 3.09. The zero-order valence-corrected chi connectivity index (χ0v) is 33.9. The molecule has 0 bridgehead atoms. The molecular weight excluding hydrogens is 643 g/mol. The molecular formula is C43H79NO5S. The van der Waals surface area contributed by atoms with E-state index in [0.29, 0.717) is 13.0 Å². The molecule has 0 N–H and O–H groups in total. The third-order valence-corrected chi connectivity index (χ3v) is 9.56. The summed E-state index contributed by atoms with van der Waals surface area (Å²) in [4.78, 5) is 14.4. The highest BCUT2D eigenvalue weighted by Crippen LogP contribution is 2.18. The lowest BCUT2D eigenvalue weighted by atomic mass is 10.0. The largest absolute Gasteiger partial charge is 0.446 e. The van der Waals surface area contributed by atoms with E-state index in [4.69, 9.17) is 8.92 Å². The molecule has 7 heteroatoms. The van der Waals surface area contributed by atoms with E-state index in [9.17, 15) is 13.2 Å². The summed E-state index contributed by atoms with van der Waals surface area (Å²) in [6.07, 6.45) is 50.7. The van der Waals surface area contributed by atoms with Crippen LogP contribution in [0.15, 0.2) is 48.6 Å². The average molecular weight is 722 g/mol. The van der Waals surface area contributed by atoms with Gasteiger partial charge in [0.1, 0.15) is 6.10 Å². The highest BCUT2D eigenvalue weighted by atomic mass is 32.2. The van der Waals surface area contributed by atoms with Gasteiger partial charge in [0.2, 0.25) is 0 Å². The Morgan fingerprint density at radius 1 is 0.560 bits per heavy atom. The Morgan fingerprint density at radius 2 is 0.940 bits per heavy atom. The van der Waals surface area contributed by atoms with Crippen LogP contribution in [0.3, 0.4) is 0 Å². The van der Waals surface area contributed by atoms with Crippen molar-refractivity contribution in [3.05, 3.63) is 48.6 Å². The number of carbonyl (C=O) groups is 1. The van der Waals surface area contributed by atoms with Crippen molar-refractivity contribution in [3.63, 3.8) is 0 Å². The molecule has 0 aliphatic rings. The second-order valence-electron chi connectivity index (χ2n) is 14.1. The van der Waals surface area contributed by atoms with Crippen LogP contribution in [0.5, 0.6) is 0 Å². The van der Waals surface area contributed by atoms with Crippen LogP contribution in [0.1, 0.15) is 187 Å². The van der Waals surface area contributed by atoms with Crippen LogP contribution < -0.4 is 0 Å². The number of nitrogens with zero attached hydrogens (tertiary/aromatic N) is 1. The molecule has 6 nitrogen and oxygen atoms in total. The van der Waals surface area contributed by atoms with Crippen molar-refractivity contribution in [3.8, 4) is 0 Å². The molecule has 0 spiro atoms. The van der Waals surface area contributed by atoms with Gasteiger partial charge in [0.25, 0.3) is 10.1 Å². The quantitative estimate of drug-likeness (QED) is 0.0366. The molecule has 292 valence electrons. The Kier molecular flexibility index (Phi) is 35.5. The lowest BCUT2D eigenvalue weighted by Gasteiger charge is -2.23. The minimum atomic E-state index is -3.47. The normalized spacial score (nSPS) is 13.0. The Bertz CT molecular complexity index is 924. The van der Waals surface area contributed by atoms with Crippen molar-refractivity contribution in [2.75, 3.05) is 26.5 Å². The summed E-state index contributed by atoms with van der Waals surface area (Å²) >= 11 is 0. The van der Waals surface area contributed by atoms with E-state index in [1.165, 1.54) is 133 Å². The number of hydrogen-bond acceptors (Lipinski definition) is 5. The first-order valence-electron chi connectivity index (χ1n) is 20.7. The summed E-state index contributed by atoms with van der Waals surface area (Å²) < 4.78 is 33.2. The minimum Gasteiger partial charge on any atom is -0.446 e. The molecule has 0 rings (SSSR count). The van der Waals surface area contributed by atoms with E-state index in [2.05, 4.69) is 62.5 Å². The summed E-state index contributed by atoms with van der Waals surface area (Å²) in [7, 11) is -1.76. The lowest BCUT2D eigenvalue weighted by molar-refractivity contribution is 0.0574. The fourth-order valence-electron chi connectivity index (χ4n) is 5.82. The van der Waals surface area contributed by atoms with E-state index in [0.717, 1.165) is 44.8 Å². The number of ether oxygens (including phenoxy) is 1. The molecule has 0 aliphatic heterocycles. The molecule has 0 aromatic carbocycles. The first-order chi connectivity index (χ1) is 24.3. The van der Waals surface area contributed by atoms with Gasteiger partial charge in [-0.2, -0.15) is 8.42 Å². The van der Waals surface area contributed by atoms with Crippen LogP contribution >= 0.6 is 0 Å². The van der Waals surface area contributed by atoms with Gasteiger partial charge in [-0.25, -0.2) is 4.79 Å². The number of rotatable bonds is 36. The van der Waals surface area contributed by atoms with E-state index < -0.39 is 10.1 Å². The monoisotopic (exact) mass is 722 g/mol. The zero-order valence-electron chi connectivity index (χ0n) is 33.1. The van der Waals surface area contributed by atoms with Gasteiger partial charge in [-0.1, -0.05) is 140 Å². The molecule has 0 aromatic heterocycles. The van der Waals surface area contributed by atoms with Crippen molar-refractivity contribution in [1.29, 1.82) is 0 Å². The molecule has 0 radical (unpaired) electrons. The summed E-state index contributed by atoms with van der Waals surface area (Å²) in [6.45, 7) is 4.96. The maximum Gasteiger partial charge on any atom is 0.409 e. The Hall–Kier alpha value is -1.86. The van der Waals surface area contributed by atoms with E-state index in [-0.39, 0.29) is 18.8 Å². The fourth-order valence-corrected chi connectivity index (χ4v) is 6.24. The van der Waals surface area contributed by atoms with Crippen molar-refractivity contribution < 1.29 is 22.1 Å². The third kappa shape index (κ3) is 37.4. The van der Waals surface area contributed by atoms with Crippen molar-refractivity contribution in [1.82, 2.24) is 4.90 Å². The van der Waals surface area contributed by atoms with Gasteiger partial charge in [0.05, 0.1) is 12.9 Å². The summed E-state index contributed by atoms with van der Waals surface area (Å²) in [5, 5.41) is 0. The number of carbonyl (C=O) groups excluding carboxylic acids is 1. The van der Waals surface area contributed by atoms with E-state index >= 15 is 0 Å². The molecule has 0 heterocycles. The Labute approximate surface area is 310 Å². The van der Waals surface area contributed by atoms with E-state index in [1.807, 2.05) is 0 Å². The first-order valence-corrected chi connectivity index (χ1v) is 22.5. The van der Waals surface area contributed by atoms with Gasteiger partial charge < -0.3 is 9.64 Å². The highest BCUT2D eigenvalue weighted by Gasteiger charge is 2.17. The van der Waals surface area contributed by atoms with Crippen LogP contribution in [-0.2, 0) is 19.0 Å². The lowest BCUT2D eigenvalue weighted by Crippen LogP contribution is -2.32. The number of hydrogen-bond donors (Lipinski definition) is 0. The van der Waals surface area contributed by atoms with Gasteiger partial charge >= 0.3 is 6.09 Å². The van der Waals surface area contributed by atoms with Gasteiger partial charge in [-0.3, -0.25) is 4.18 Å². The predicted molar refractivity (Wildman–Crippen MR) is 216 cm³/mol. The summed E-state index contributed by atoms with van der Waals surface area (Å²) in [6, 6.07) is 0. The molecule has 1 amide bonds. The van der Waals surface area contributed by atoms with Crippen LogP contribution in [-0.4, -0.2) is 52.0 Å². The van der Waals surface area contributed by atoms with Crippen LogP contribution in [0, 0.1) is 0 Å². The summed E-state index contributed by atoms with van der Waals surface area (Å²) in [5.41, 5.74) is 0. The van der Waals surface area contributed by atoms with Crippen molar-refractivity contribution in [2.45, 2.75) is 193 Å². The predicted octanol–water partition coefficient (Wildman–Crippen LogP) is 13.2. The number of unbranched alkanes of at least 4 members (excludes halogenated alkanes) is 18. The van der Waals surface area contributed by atoms with Crippen LogP contribution in [0.4, 0.5) is 4.79 Å². The highest BCUT2D eigenvalue weighted by molar-refractivity contribution is 7.85. The van der Waals surface area contributed by atoms with Crippen LogP contribution in [0.25, 0.3) is 0 Å². The van der Waals surface area contributed by atoms with Gasteiger partial charge in [0.15, 0.2) is 0 Å². The number of amides is 1. The zero-order chi connectivity index (χ0) is 36.8. The maximum atomic E-state index is 12.8. The van der Waals surface area contributed by atoms with Gasteiger partial charge in [-0.05, 0) is 96.3 Å². The number of allylic oxidation sites excluding steroid dienone is 8. The molecule has 0 aromatic rings. The molecule has 0 saturated carbocycles. The van der Waals surface area contributed by atoms with Gasteiger partial charge in [-0.15, -0.1) is 0 Å². The fraction of sp³-hybridized carbons (Fsp3) is 0.791. The molecule has 0 fully saturated rings. The second-order valence-corrected chi connectivity index (χ2v) is 15.7. The van der Waals surface area contributed by atoms with Gasteiger partial charge in [0, 0.05) is 13.6 Å². The van der Waals surface area contributed by atoms with Crippen LogP contribution in [0.2, 0.25) is 0 Å². The molecule has 1 atom stereocenters. The van der Waals surface area contributed by atoms with Crippen molar-refractivity contribution >= 4 is 16.2 Å². The smallest absolute Gasteiger partial charge is 0.409 e. The Balaban J connectivity index is 4.28.